The predicted molar refractivity (Wildman–Crippen MR) is 62.5 cm³/mol. The lowest BCUT2D eigenvalue weighted by Gasteiger charge is -1.97. The average Bonchev–Trinajstić information content (AvgIpc) is 2.78. The van der Waals surface area contributed by atoms with Gasteiger partial charge in [-0.05, 0) is 12.6 Å². The molecular formula is C10H12N4OS. The number of rotatable bonds is 4. The van der Waals surface area contributed by atoms with Crippen LogP contribution >= 0.6 is 11.3 Å². The molecule has 84 valence electrons. The Kier molecular flexibility index (Phi) is 3.43. The lowest BCUT2D eigenvalue weighted by molar-refractivity contribution is 0.392. The molecule has 0 radical (unpaired) electrons. The molecule has 0 fully saturated rings. The van der Waals surface area contributed by atoms with Gasteiger partial charge >= 0.3 is 0 Å². The van der Waals surface area contributed by atoms with Gasteiger partial charge in [-0.1, -0.05) is 0 Å². The first-order valence-corrected chi connectivity index (χ1v) is 5.74. The van der Waals surface area contributed by atoms with Crippen LogP contribution in [0.2, 0.25) is 0 Å². The molecule has 2 N–H and O–H groups in total. The van der Waals surface area contributed by atoms with E-state index in [4.69, 9.17) is 10.5 Å². The van der Waals surface area contributed by atoms with Gasteiger partial charge in [0.25, 0.3) is 0 Å². The molecule has 5 nitrogen and oxygen atoms in total. The summed E-state index contributed by atoms with van der Waals surface area (Å²) in [5.74, 6) is 0.502. The van der Waals surface area contributed by atoms with Crippen LogP contribution in [-0.4, -0.2) is 28.8 Å². The Morgan fingerprint density at radius 3 is 2.88 bits per heavy atom. The van der Waals surface area contributed by atoms with Crippen LogP contribution in [0.5, 0.6) is 5.88 Å². The summed E-state index contributed by atoms with van der Waals surface area (Å²) in [4.78, 5) is 4.42. The molecular weight excluding hydrogens is 224 g/mol. The maximum absolute atomic E-state index is 5.47. The average molecular weight is 236 g/mol. The standard InChI is InChI=1S/C10H12N4OS/c1-15-9-3-2-8(13-14-9)10-12-7(4-5-11)6-16-10/h2-3,6H,4-5,11H2,1H3. The zero-order chi connectivity index (χ0) is 11.4. The van der Waals surface area contributed by atoms with E-state index >= 15 is 0 Å². The molecule has 2 rings (SSSR count). The fourth-order valence-electron chi connectivity index (χ4n) is 1.23. The van der Waals surface area contributed by atoms with E-state index in [0.29, 0.717) is 12.4 Å². The quantitative estimate of drug-likeness (QED) is 0.860. The second-order valence-corrected chi connectivity index (χ2v) is 4.00. The summed E-state index contributed by atoms with van der Waals surface area (Å²) in [6.07, 6.45) is 0.792. The van der Waals surface area contributed by atoms with Gasteiger partial charge in [0.1, 0.15) is 10.7 Å². The lowest BCUT2D eigenvalue weighted by atomic mass is 10.3. The first-order valence-electron chi connectivity index (χ1n) is 4.86. The van der Waals surface area contributed by atoms with Crippen LogP contribution in [0.1, 0.15) is 5.69 Å². The Labute approximate surface area is 97.3 Å². The van der Waals surface area contributed by atoms with Gasteiger partial charge in [0.05, 0.1) is 12.8 Å². The van der Waals surface area contributed by atoms with Crippen LogP contribution in [0.15, 0.2) is 17.5 Å². The molecule has 0 aliphatic carbocycles. The molecule has 0 aromatic carbocycles. The van der Waals surface area contributed by atoms with Crippen LogP contribution in [0, 0.1) is 0 Å². The Bertz CT molecular complexity index is 454. The number of ether oxygens (including phenoxy) is 1. The Hall–Kier alpha value is -1.53. The second kappa shape index (κ2) is 5.00. The fraction of sp³-hybridized carbons (Fsp3) is 0.300. The van der Waals surface area contributed by atoms with Gasteiger partial charge in [0.15, 0.2) is 0 Å². The van der Waals surface area contributed by atoms with Gasteiger partial charge in [0, 0.05) is 17.9 Å². The smallest absolute Gasteiger partial charge is 0.233 e. The van der Waals surface area contributed by atoms with E-state index in [0.717, 1.165) is 22.8 Å². The van der Waals surface area contributed by atoms with E-state index in [2.05, 4.69) is 15.2 Å². The van der Waals surface area contributed by atoms with Gasteiger partial charge in [-0.3, -0.25) is 0 Å². The van der Waals surface area contributed by atoms with Crippen molar-refractivity contribution in [3.63, 3.8) is 0 Å². The number of thiazole rings is 1. The molecule has 16 heavy (non-hydrogen) atoms. The minimum absolute atomic E-state index is 0.502. The van der Waals surface area contributed by atoms with E-state index in [9.17, 15) is 0 Å². The van der Waals surface area contributed by atoms with Crippen molar-refractivity contribution in [1.82, 2.24) is 15.2 Å². The van der Waals surface area contributed by atoms with E-state index in [1.165, 1.54) is 0 Å². The third-order valence-electron chi connectivity index (χ3n) is 2.02. The zero-order valence-corrected chi connectivity index (χ0v) is 9.70. The van der Waals surface area contributed by atoms with E-state index in [1.54, 1.807) is 24.5 Å². The van der Waals surface area contributed by atoms with Crippen LogP contribution < -0.4 is 10.5 Å². The summed E-state index contributed by atoms with van der Waals surface area (Å²) >= 11 is 1.55. The molecule has 2 heterocycles. The summed E-state index contributed by atoms with van der Waals surface area (Å²) in [6, 6.07) is 3.61. The largest absolute Gasteiger partial charge is 0.480 e. The van der Waals surface area contributed by atoms with Crippen molar-refractivity contribution >= 4 is 11.3 Å². The van der Waals surface area contributed by atoms with Crippen LogP contribution in [-0.2, 0) is 6.42 Å². The summed E-state index contributed by atoms with van der Waals surface area (Å²) in [5.41, 5.74) is 7.23. The van der Waals surface area contributed by atoms with Crippen molar-refractivity contribution in [2.45, 2.75) is 6.42 Å². The van der Waals surface area contributed by atoms with Crippen LogP contribution in [0.25, 0.3) is 10.7 Å². The maximum Gasteiger partial charge on any atom is 0.233 e. The molecule has 0 bridgehead atoms. The third kappa shape index (κ3) is 2.34. The van der Waals surface area contributed by atoms with Crippen molar-refractivity contribution in [3.8, 4) is 16.6 Å². The van der Waals surface area contributed by atoms with Crippen molar-refractivity contribution in [1.29, 1.82) is 0 Å². The molecule has 0 spiro atoms. The summed E-state index contributed by atoms with van der Waals surface area (Å²) in [7, 11) is 1.56. The van der Waals surface area contributed by atoms with Gasteiger partial charge in [-0.2, -0.15) is 0 Å². The number of nitrogens with zero attached hydrogens (tertiary/aromatic N) is 3. The number of hydrogen-bond acceptors (Lipinski definition) is 6. The SMILES string of the molecule is COc1ccc(-c2nc(CCN)cs2)nn1. The Morgan fingerprint density at radius 1 is 1.38 bits per heavy atom. The van der Waals surface area contributed by atoms with Crippen LogP contribution in [0.4, 0.5) is 0 Å². The molecule has 6 heteroatoms. The molecule has 2 aromatic heterocycles. The minimum atomic E-state index is 0.502. The summed E-state index contributed by atoms with van der Waals surface area (Å²) in [6.45, 7) is 0.609. The molecule has 2 aromatic rings. The van der Waals surface area contributed by atoms with Gasteiger partial charge in [0.2, 0.25) is 5.88 Å². The highest BCUT2D eigenvalue weighted by molar-refractivity contribution is 7.13. The highest BCUT2D eigenvalue weighted by Gasteiger charge is 2.06. The first kappa shape index (κ1) is 11.0. The van der Waals surface area contributed by atoms with Gasteiger partial charge < -0.3 is 10.5 Å². The number of hydrogen-bond donors (Lipinski definition) is 1. The Morgan fingerprint density at radius 2 is 2.25 bits per heavy atom. The van der Waals surface area contributed by atoms with Crippen molar-refractivity contribution in [2.24, 2.45) is 5.73 Å². The lowest BCUT2D eigenvalue weighted by Crippen LogP contribution is -2.02. The van der Waals surface area contributed by atoms with E-state index in [-0.39, 0.29) is 0 Å². The Balaban J connectivity index is 2.21. The molecule has 0 saturated heterocycles. The molecule has 0 aliphatic heterocycles. The second-order valence-electron chi connectivity index (χ2n) is 3.14. The molecule has 0 saturated carbocycles. The number of nitrogens with two attached hydrogens (primary N) is 1. The van der Waals surface area contributed by atoms with Gasteiger partial charge in [-0.15, -0.1) is 21.5 Å². The fourth-order valence-corrected chi connectivity index (χ4v) is 2.05. The van der Waals surface area contributed by atoms with E-state index < -0.39 is 0 Å². The summed E-state index contributed by atoms with van der Waals surface area (Å²) in [5, 5.41) is 10.8. The van der Waals surface area contributed by atoms with Crippen LogP contribution in [0.3, 0.4) is 0 Å². The molecule has 0 amide bonds. The topological polar surface area (TPSA) is 73.9 Å². The molecule has 0 aliphatic rings. The van der Waals surface area contributed by atoms with Crippen molar-refractivity contribution in [3.05, 3.63) is 23.2 Å². The van der Waals surface area contributed by atoms with E-state index in [1.807, 2.05) is 11.4 Å². The maximum atomic E-state index is 5.47. The van der Waals surface area contributed by atoms with Gasteiger partial charge in [-0.25, -0.2) is 4.98 Å². The minimum Gasteiger partial charge on any atom is -0.480 e. The zero-order valence-electron chi connectivity index (χ0n) is 8.88. The molecule has 0 atom stereocenters. The molecule has 0 unspecified atom stereocenters. The van der Waals surface area contributed by atoms with Crippen molar-refractivity contribution in [2.75, 3.05) is 13.7 Å². The highest BCUT2D eigenvalue weighted by atomic mass is 32.1. The third-order valence-corrected chi connectivity index (χ3v) is 2.93. The normalized spacial score (nSPS) is 10.4. The number of methoxy groups -OCH3 is 1. The highest BCUT2D eigenvalue weighted by Crippen LogP contribution is 2.22. The van der Waals surface area contributed by atoms with Crippen molar-refractivity contribution < 1.29 is 4.74 Å². The first-order chi connectivity index (χ1) is 7.83. The monoisotopic (exact) mass is 236 g/mol. The summed E-state index contributed by atoms with van der Waals surface area (Å²) < 4.78 is 4.94. The predicted octanol–water partition coefficient (Wildman–Crippen LogP) is 1.11. The number of aromatic nitrogens is 3.